The molecule has 0 amide bonds. The Balaban J connectivity index is 2.55. The molecule has 0 aliphatic heterocycles. The molecule has 0 aromatic heterocycles. The zero-order valence-electron chi connectivity index (χ0n) is 11.2. The Hall–Kier alpha value is -1.34. The van der Waals surface area contributed by atoms with Gasteiger partial charge in [-0.3, -0.25) is 0 Å². The van der Waals surface area contributed by atoms with Crippen LogP contribution >= 0.6 is 12.2 Å². The fourth-order valence-corrected chi connectivity index (χ4v) is 1.83. The lowest BCUT2D eigenvalue weighted by Crippen LogP contribution is -2.19. The van der Waals surface area contributed by atoms with Gasteiger partial charge in [0.1, 0.15) is 24.0 Å². The first kappa shape index (κ1) is 16.7. The number of alkyl halides is 3. The summed E-state index contributed by atoms with van der Waals surface area (Å²) in [6.45, 7) is 2.29. The van der Waals surface area contributed by atoms with Gasteiger partial charge in [-0.1, -0.05) is 12.2 Å². The van der Waals surface area contributed by atoms with E-state index < -0.39 is 12.8 Å². The third-order valence-corrected chi connectivity index (χ3v) is 2.72. The number of hydrogen-bond donors (Lipinski definition) is 1. The number of aryl methyl sites for hydroxylation is 2. The molecule has 7 heteroatoms. The Labute approximate surface area is 120 Å². The lowest BCUT2D eigenvalue weighted by molar-refractivity contribution is -0.175. The fraction of sp³-hybridized carbons (Fsp3) is 0.462. The van der Waals surface area contributed by atoms with E-state index in [4.69, 9.17) is 22.7 Å². The minimum atomic E-state index is -4.32. The van der Waals surface area contributed by atoms with E-state index in [1.165, 1.54) is 0 Å². The molecule has 0 aliphatic rings. The molecule has 0 spiro atoms. The summed E-state index contributed by atoms with van der Waals surface area (Å²) in [4.78, 5) is 0.288. The van der Waals surface area contributed by atoms with Gasteiger partial charge in [-0.25, -0.2) is 0 Å². The third kappa shape index (κ3) is 5.34. The van der Waals surface area contributed by atoms with Gasteiger partial charge in [0.05, 0.1) is 6.61 Å². The highest BCUT2D eigenvalue weighted by Crippen LogP contribution is 2.24. The smallest absolute Gasteiger partial charge is 0.411 e. The average Bonchev–Trinajstić information content (AvgIpc) is 2.29. The predicted molar refractivity (Wildman–Crippen MR) is 74.2 cm³/mol. The molecule has 0 bridgehead atoms. The topological polar surface area (TPSA) is 44.5 Å². The van der Waals surface area contributed by atoms with Gasteiger partial charge in [-0.05, 0) is 37.1 Å². The molecule has 1 aromatic rings. The Morgan fingerprint density at radius 2 is 1.75 bits per heavy atom. The second-order valence-electron chi connectivity index (χ2n) is 4.32. The summed E-state index contributed by atoms with van der Waals surface area (Å²) in [6.07, 6.45) is -4.32. The van der Waals surface area contributed by atoms with Gasteiger partial charge in [0.15, 0.2) is 0 Å². The van der Waals surface area contributed by atoms with Gasteiger partial charge in [0.25, 0.3) is 0 Å². The van der Waals surface area contributed by atoms with Crippen molar-refractivity contribution in [3.05, 3.63) is 28.8 Å². The Morgan fingerprint density at radius 3 is 2.20 bits per heavy atom. The Morgan fingerprint density at radius 1 is 1.20 bits per heavy atom. The number of ether oxygens (including phenoxy) is 2. The van der Waals surface area contributed by atoms with Crippen LogP contribution in [0.25, 0.3) is 0 Å². The summed E-state index contributed by atoms with van der Waals surface area (Å²) < 4.78 is 45.5. The Bertz CT molecular complexity index is 466. The molecule has 1 aromatic carbocycles. The number of rotatable bonds is 6. The number of benzene rings is 1. The average molecular weight is 307 g/mol. The van der Waals surface area contributed by atoms with Gasteiger partial charge in [-0.15, -0.1) is 0 Å². The number of halogens is 3. The summed E-state index contributed by atoms with van der Waals surface area (Å²) in [6, 6.07) is 3.56. The van der Waals surface area contributed by atoms with Gasteiger partial charge < -0.3 is 15.2 Å². The highest BCUT2D eigenvalue weighted by molar-refractivity contribution is 7.80. The van der Waals surface area contributed by atoms with E-state index in [1.54, 1.807) is 12.1 Å². The van der Waals surface area contributed by atoms with E-state index >= 15 is 0 Å². The first-order valence-corrected chi connectivity index (χ1v) is 6.30. The molecule has 0 saturated heterocycles. The van der Waals surface area contributed by atoms with Crippen LogP contribution in [0.15, 0.2) is 12.1 Å². The van der Waals surface area contributed by atoms with Gasteiger partial charge >= 0.3 is 6.18 Å². The molecular formula is C13H16F3NO2S. The maximum Gasteiger partial charge on any atom is 0.411 e. The molecule has 0 aliphatic carbocycles. The molecule has 0 radical (unpaired) electrons. The third-order valence-electron chi connectivity index (χ3n) is 2.48. The monoisotopic (exact) mass is 307 g/mol. The summed E-state index contributed by atoms with van der Waals surface area (Å²) in [5.41, 5.74) is 7.92. The van der Waals surface area contributed by atoms with E-state index in [0.29, 0.717) is 5.75 Å². The predicted octanol–water partition coefficient (Wildman–Crippen LogP) is 2.90. The van der Waals surface area contributed by atoms with Crippen molar-refractivity contribution in [1.29, 1.82) is 0 Å². The minimum Gasteiger partial charge on any atom is -0.491 e. The highest BCUT2D eigenvalue weighted by Gasteiger charge is 2.27. The lowest BCUT2D eigenvalue weighted by atomic mass is 10.1. The maximum absolute atomic E-state index is 11.9. The van der Waals surface area contributed by atoms with E-state index in [2.05, 4.69) is 4.74 Å². The molecule has 0 atom stereocenters. The van der Waals surface area contributed by atoms with Crippen LogP contribution in [0.2, 0.25) is 0 Å². The molecule has 0 unspecified atom stereocenters. The molecule has 2 N–H and O–H groups in total. The van der Waals surface area contributed by atoms with Crippen molar-refractivity contribution in [2.24, 2.45) is 5.73 Å². The van der Waals surface area contributed by atoms with Crippen molar-refractivity contribution < 1.29 is 22.6 Å². The summed E-state index contributed by atoms with van der Waals surface area (Å²) in [5, 5.41) is 0. The van der Waals surface area contributed by atoms with Gasteiger partial charge in [-0.2, -0.15) is 13.2 Å². The van der Waals surface area contributed by atoms with Gasteiger partial charge in [0, 0.05) is 5.56 Å². The largest absolute Gasteiger partial charge is 0.491 e. The molecule has 112 valence electrons. The molecule has 0 saturated carbocycles. The van der Waals surface area contributed by atoms with E-state index in [0.717, 1.165) is 16.7 Å². The van der Waals surface area contributed by atoms with Crippen molar-refractivity contribution in [1.82, 2.24) is 0 Å². The first-order chi connectivity index (χ1) is 9.20. The van der Waals surface area contributed by atoms with Crippen LogP contribution in [0, 0.1) is 13.8 Å². The van der Waals surface area contributed by atoms with Crippen LogP contribution in [0.4, 0.5) is 13.2 Å². The van der Waals surface area contributed by atoms with Crippen LogP contribution < -0.4 is 10.5 Å². The van der Waals surface area contributed by atoms with Crippen LogP contribution in [0.1, 0.15) is 16.7 Å². The zero-order valence-corrected chi connectivity index (χ0v) is 12.0. The minimum absolute atomic E-state index is 0.0458. The van der Waals surface area contributed by atoms with Crippen molar-refractivity contribution >= 4 is 17.2 Å². The van der Waals surface area contributed by atoms with Crippen molar-refractivity contribution in [3.8, 4) is 5.75 Å². The summed E-state index contributed by atoms with van der Waals surface area (Å²) in [7, 11) is 0. The van der Waals surface area contributed by atoms with E-state index in [-0.39, 0.29) is 18.2 Å². The quantitative estimate of drug-likeness (QED) is 0.648. The maximum atomic E-state index is 11.9. The molecule has 0 heterocycles. The van der Waals surface area contributed by atoms with Crippen LogP contribution in [-0.2, 0) is 4.74 Å². The summed E-state index contributed by atoms with van der Waals surface area (Å²) in [5.74, 6) is 0.612. The molecule has 1 rings (SSSR count). The van der Waals surface area contributed by atoms with Crippen LogP contribution in [-0.4, -0.2) is 31.0 Å². The van der Waals surface area contributed by atoms with E-state index in [1.807, 2.05) is 13.8 Å². The molecule has 20 heavy (non-hydrogen) atoms. The van der Waals surface area contributed by atoms with Crippen molar-refractivity contribution in [3.63, 3.8) is 0 Å². The zero-order chi connectivity index (χ0) is 15.3. The van der Waals surface area contributed by atoms with Crippen molar-refractivity contribution in [2.75, 3.05) is 19.8 Å². The number of nitrogens with two attached hydrogens (primary N) is 1. The normalized spacial score (nSPS) is 11.4. The summed E-state index contributed by atoms with van der Waals surface area (Å²) >= 11 is 4.89. The van der Waals surface area contributed by atoms with Crippen LogP contribution in [0.3, 0.4) is 0 Å². The standard InChI is InChI=1S/C13H16F3NO2S/c1-8-5-10(12(17)20)6-9(2)11(8)19-4-3-18-7-13(14,15)16/h5-6H,3-4,7H2,1-2H3,(H2,17,20). The number of thiocarbonyl (C=S) groups is 1. The SMILES string of the molecule is Cc1cc(C(N)=S)cc(C)c1OCCOCC(F)(F)F. The second-order valence-corrected chi connectivity index (χ2v) is 4.76. The molecule has 3 nitrogen and oxygen atoms in total. The molecule has 0 fully saturated rings. The highest BCUT2D eigenvalue weighted by atomic mass is 32.1. The number of hydrogen-bond acceptors (Lipinski definition) is 3. The lowest BCUT2D eigenvalue weighted by Gasteiger charge is -2.14. The van der Waals surface area contributed by atoms with Gasteiger partial charge in [0.2, 0.25) is 0 Å². The molecular weight excluding hydrogens is 291 g/mol. The fourth-order valence-electron chi connectivity index (χ4n) is 1.71. The van der Waals surface area contributed by atoms with Crippen molar-refractivity contribution in [2.45, 2.75) is 20.0 Å². The van der Waals surface area contributed by atoms with E-state index in [9.17, 15) is 13.2 Å². The van der Waals surface area contributed by atoms with Crippen LogP contribution in [0.5, 0.6) is 5.75 Å². The first-order valence-electron chi connectivity index (χ1n) is 5.89. The second kappa shape index (κ2) is 6.90. The Kier molecular flexibility index (Phi) is 5.76.